The molecule has 6 heteroatoms. The first-order chi connectivity index (χ1) is 7.09. The van der Waals surface area contributed by atoms with E-state index in [0.717, 1.165) is 6.07 Å². The maximum Gasteiger partial charge on any atom is 0.418 e. The first-order valence-electron chi connectivity index (χ1n) is 4.01. The Morgan fingerprint density at radius 2 is 1.93 bits per heavy atom. The number of hydrogen-bond acceptors (Lipinski definition) is 3. The van der Waals surface area contributed by atoms with Crippen LogP contribution >= 0.6 is 0 Å². The molecule has 2 aromatic rings. The fourth-order valence-electron chi connectivity index (χ4n) is 1.14. The normalized spacial score (nSPS) is 11.7. The number of rotatable bonds is 1. The molecule has 2 rings (SSSR count). The van der Waals surface area contributed by atoms with Gasteiger partial charge in [-0.2, -0.15) is 13.2 Å². The molecular weight excluding hydrogens is 209 g/mol. The zero-order chi connectivity index (χ0) is 10.9. The van der Waals surface area contributed by atoms with Crippen molar-refractivity contribution >= 4 is 0 Å². The van der Waals surface area contributed by atoms with Gasteiger partial charge < -0.3 is 4.42 Å². The predicted octanol–water partition coefficient (Wildman–Crippen LogP) is 2.76. The topological polar surface area (TPSA) is 38.9 Å². The van der Waals surface area contributed by atoms with Crippen LogP contribution in [0.25, 0.3) is 11.6 Å². The van der Waals surface area contributed by atoms with E-state index < -0.39 is 11.7 Å². The minimum absolute atomic E-state index is 0.136. The van der Waals surface area contributed by atoms with Crippen molar-refractivity contribution in [3.63, 3.8) is 0 Å². The third-order valence-electron chi connectivity index (χ3n) is 1.75. The van der Waals surface area contributed by atoms with Crippen molar-refractivity contribution in [3.05, 3.63) is 36.4 Å². The molecule has 2 heterocycles. The molecule has 0 bridgehead atoms. The Hall–Kier alpha value is -1.85. The minimum Gasteiger partial charge on any atom is -0.443 e. The summed E-state index contributed by atoms with van der Waals surface area (Å²) in [6.07, 6.45) is -0.735. The van der Waals surface area contributed by atoms with E-state index >= 15 is 0 Å². The number of pyridine rings is 1. The van der Waals surface area contributed by atoms with Crippen LogP contribution in [0.4, 0.5) is 13.2 Å². The van der Waals surface area contributed by atoms with Gasteiger partial charge in [0.15, 0.2) is 0 Å². The number of hydrogen-bond donors (Lipinski definition) is 0. The molecule has 0 saturated carbocycles. The molecule has 0 amide bonds. The Kier molecular flexibility index (Phi) is 2.18. The maximum atomic E-state index is 12.5. The molecule has 0 fully saturated rings. The molecular formula is C9H5F3N2O. The second-order valence-corrected chi connectivity index (χ2v) is 2.73. The highest BCUT2D eigenvalue weighted by molar-refractivity contribution is 5.53. The Morgan fingerprint density at radius 1 is 1.13 bits per heavy atom. The van der Waals surface area contributed by atoms with Gasteiger partial charge in [-0.25, -0.2) is 4.98 Å². The van der Waals surface area contributed by atoms with Gasteiger partial charge in [0, 0.05) is 6.20 Å². The summed E-state index contributed by atoms with van der Waals surface area (Å²) >= 11 is 0. The molecule has 0 aliphatic heterocycles. The average Bonchev–Trinajstić information content (AvgIpc) is 2.69. The van der Waals surface area contributed by atoms with E-state index in [4.69, 9.17) is 4.42 Å². The molecule has 0 aliphatic carbocycles. The van der Waals surface area contributed by atoms with E-state index in [1.807, 2.05) is 0 Å². The van der Waals surface area contributed by atoms with Crippen molar-refractivity contribution in [1.29, 1.82) is 0 Å². The summed E-state index contributed by atoms with van der Waals surface area (Å²) in [5.41, 5.74) is -1.15. The largest absolute Gasteiger partial charge is 0.443 e. The standard InChI is InChI=1S/C9H5F3N2O/c10-9(11,12)6-2-1-3-13-7(6)8-14-4-5-15-8/h1-5H. The summed E-state index contributed by atoms with van der Waals surface area (Å²) in [6, 6.07) is 2.15. The van der Waals surface area contributed by atoms with Crippen LogP contribution in [0.2, 0.25) is 0 Å². The summed E-state index contributed by atoms with van der Waals surface area (Å²) in [4.78, 5) is 7.24. The third-order valence-corrected chi connectivity index (χ3v) is 1.75. The van der Waals surface area contributed by atoms with Crippen LogP contribution in [0.15, 0.2) is 35.2 Å². The molecule has 0 radical (unpaired) electrons. The van der Waals surface area contributed by atoms with Gasteiger partial charge in [-0.05, 0) is 12.1 Å². The summed E-state index contributed by atoms with van der Waals surface area (Å²) < 4.78 is 42.4. The van der Waals surface area contributed by atoms with Crippen LogP contribution in [0.1, 0.15) is 5.56 Å². The van der Waals surface area contributed by atoms with Crippen molar-refractivity contribution in [2.45, 2.75) is 6.18 Å². The van der Waals surface area contributed by atoms with Crippen LogP contribution < -0.4 is 0 Å². The SMILES string of the molecule is FC(F)(F)c1cccnc1-c1ncco1. The molecule has 15 heavy (non-hydrogen) atoms. The molecule has 0 aliphatic rings. The van der Waals surface area contributed by atoms with Crippen molar-refractivity contribution in [3.8, 4) is 11.6 Å². The lowest BCUT2D eigenvalue weighted by molar-refractivity contribution is -0.137. The Bertz CT molecular complexity index is 451. The smallest absolute Gasteiger partial charge is 0.418 e. The number of alkyl halides is 3. The predicted molar refractivity (Wildman–Crippen MR) is 44.7 cm³/mol. The number of aromatic nitrogens is 2. The molecule has 2 aromatic heterocycles. The van der Waals surface area contributed by atoms with Gasteiger partial charge in [0.05, 0.1) is 11.8 Å². The molecule has 0 unspecified atom stereocenters. The summed E-state index contributed by atoms with van der Waals surface area (Å²) in [5.74, 6) is -0.136. The molecule has 3 nitrogen and oxygen atoms in total. The first-order valence-corrected chi connectivity index (χ1v) is 4.01. The van der Waals surface area contributed by atoms with Gasteiger partial charge in [0.25, 0.3) is 0 Å². The van der Waals surface area contributed by atoms with Crippen LogP contribution in [-0.4, -0.2) is 9.97 Å². The average molecular weight is 214 g/mol. The molecule has 0 N–H and O–H groups in total. The zero-order valence-electron chi connectivity index (χ0n) is 7.32. The van der Waals surface area contributed by atoms with Gasteiger partial charge >= 0.3 is 6.18 Å². The van der Waals surface area contributed by atoms with Crippen molar-refractivity contribution in [2.75, 3.05) is 0 Å². The van der Waals surface area contributed by atoms with E-state index in [1.165, 1.54) is 24.7 Å². The Balaban J connectivity index is 2.58. The minimum atomic E-state index is -4.46. The van der Waals surface area contributed by atoms with Crippen LogP contribution in [0.5, 0.6) is 0 Å². The van der Waals surface area contributed by atoms with Crippen LogP contribution in [-0.2, 0) is 6.18 Å². The fraction of sp³-hybridized carbons (Fsp3) is 0.111. The number of oxazole rings is 1. The van der Waals surface area contributed by atoms with E-state index in [9.17, 15) is 13.2 Å². The summed E-state index contributed by atoms with van der Waals surface area (Å²) in [6.45, 7) is 0. The summed E-state index contributed by atoms with van der Waals surface area (Å²) in [7, 11) is 0. The Morgan fingerprint density at radius 3 is 2.53 bits per heavy atom. The van der Waals surface area contributed by atoms with E-state index in [1.54, 1.807) is 0 Å². The lowest BCUT2D eigenvalue weighted by Gasteiger charge is -2.08. The van der Waals surface area contributed by atoms with Crippen LogP contribution in [0.3, 0.4) is 0 Å². The highest BCUT2D eigenvalue weighted by Crippen LogP contribution is 2.34. The second kappa shape index (κ2) is 3.38. The Labute approximate surface area is 82.6 Å². The maximum absolute atomic E-state index is 12.5. The van der Waals surface area contributed by atoms with Gasteiger partial charge in [0.1, 0.15) is 12.0 Å². The first kappa shape index (κ1) is 9.70. The second-order valence-electron chi connectivity index (χ2n) is 2.73. The van der Waals surface area contributed by atoms with Gasteiger partial charge in [-0.15, -0.1) is 0 Å². The van der Waals surface area contributed by atoms with Gasteiger partial charge in [-0.1, -0.05) is 0 Å². The van der Waals surface area contributed by atoms with Crippen molar-refractivity contribution in [1.82, 2.24) is 9.97 Å². The number of halogens is 3. The fourth-order valence-corrected chi connectivity index (χ4v) is 1.14. The molecule has 0 atom stereocenters. The third kappa shape index (κ3) is 1.83. The van der Waals surface area contributed by atoms with Crippen molar-refractivity contribution in [2.24, 2.45) is 0 Å². The van der Waals surface area contributed by atoms with E-state index in [-0.39, 0.29) is 11.6 Å². The van der Waals surface area contributed by atoms with Crippen LogP contribution in [0, 0.1) is 0 Å². The lowest BCUT2D eigenvalue weighted by Crippen LogP contribution is -2.08. The van der Waals surface area contributed by atoms with Gasteiger partial charge in [-0.3, -0.25) is 4.98 Å². The molecule has 78 valence electrons. The van der Waals surface area contributed by atoms with E-state index in [2.05, 4.69) is 9.97 Å². The molecule has 0 saturated heterocycles. The lowest BCUT2D eigenvalue weighted by atomic mass is 10.2. The van der Waals surface area contributed by atoms with Crippen molar-refractivity contribution < 1.29 is 17.6 Å². The number of nitrogens with zero attached hydrogens (tertiary/aromatic N) is 2. The van der Waals surface area contributed by atoms with E-state index in [0.29, 0.717) is 0 Å². The highest BCUT2D eigenvalue weighted by atomic mass is 19.4. The van der Waals surface area contributed by atoms with Gasteiger partial charge in [0.2, 0.25) is 5.89 Å². The molecule has 0 aromatic carbocycles. The quantitative estimate of drug-likeness (QED) is 0.732. The highest BCUT2D eigenvalue weighted by Gasteiger charge is 2.35. The summed E-state index contributed by atoms with van der Waals surface area (Å²) in [5, 5.41) is 0. The zero-order valence-corrected chi connectivity index (χ0v) is 7.32. The monoisotopic (exact) mass is 214 g/mol. The molecule has 0 spiro atoms.